The third kappa shape index (κ3) is 1.67. The van der Waals surface area contributed by atoms with Crippen LogP contribution in [0.25, 0.3) is 0 Å². The highest BCUT2D eigenvalue weighted by molar-refractivity contribution is 5.89. The zero-order chi connectivity index (χ0) is 11.7. The first-order valence-electron chi connectivity index (χ1n) is 5.35. The van der Waals surface area contributed by atoms with E-state index in [1.54, 1.807) is 4.90 Å². The van der Waals surface area contributed by atoms with Crippen LogP contribution in [0.4, 0.5) is 0 Å². The van der Waals surface area contributed by atoms with E-state index in [9.17, 15) is 9.59 Å². The maximum atomic E-state index is 11.7. The molecular formula is C11H13N3O2. The maximum Gasteiger partial charge on any atom is 0.227 e. The monoisotopic (exact) mass is 219 g/mol. The van der Waals surface area contributed by atoms with Crippen molar-refractivity contribution in [3.05, 3.63) is 11.3 Å². The smallest absolute Gasteiger partial charge is 0.227 e. The van der Waals surface area contributed by atoms with E-state index in [2.05, 4.69) is 6.07 Å². The van der Waals surface area contributed by atoms with E-state index < -0.39 is 11.8 Å². The van der Waals surface area contributed by atoms with Crippen LogP contribution in [0.15, 0.2) is 11.3 Å². The molecule has 5 nitrogen and oxygen atoms in total. The van der Waals surface area contributed by atoms with Gasteiger partial charge in [-0.2, -0.15) is 5.26 Å². The number of nitrogens with zero attached hydrogens (tertiary/aromatic N) is 2. The highest BCUT2D eigenvalue weighted by Gasteiger charge is 2.36. The van der Waals surface area contributed by atoms with Crippen molar-refractivity contribution in [2.45, 2.75) is 25.7 Å². The van der Waals surface area contributed by atoms with Crippen LogP contribution >= 0.6 is 0 Å². The molecule has 1 unspecified atom stereocenters. The van der Waals surface area contributed by atoms with Gasteiger partial charge in [0.05, 0.1) is 12.0 Å². The molecule has 0 spiro atoms. The van der Waals surface area contributed by atoms with Crippen LogP contribution in [0.1, 0.15) is 25.7 Å². The minimum Gasteiger partial charge on any atom is -0.369 e. The minimum atomic E-state index is -0.437. The fraction of sp³-hybridized carbons (Fsp3) is 0.545. The highest BCUT2D eigenvalue weighted by Crippen LogP contribution is 2.32. The molecule has 0 aromatic rings. The molecule has 2 aliphatic rings. The van der Waals surface area contributed by atoms with Gasteiger partial charge in [0.25, 0.3) is 0 Å². The van der Waals surface area contributed by atoms with E-state index in [1.165, 1.54) is 0 Å². The third-order valence-electron chi connectivity index (χ3n) is 3.18. The van der Waals surface area contributed by atoms with Crippen molar-refractivity contribution in [3.8, 4) is 6.07 Å². The molecule has 1 aliphatic heterocycles. The fourth-order valence-corrected chi connectivity index (χ4v) is 2.31. The Morgan fingerprint density at radius 3 is 2.81 bits per heavy atom. The Bertz CT molecular complexity index is 419. The predicted molar refractivity (Wildman–Crippen MR) is 55.5 cm³/mol. The number of rotatable bonds is 2. The van der Waals surface area contributed by atoms with E-state index in [1.807, 2.05) is 0 Å². The van der Waals surface area contributed by atoms with Gasteiger partial charge in [-0.15, -0.1) is 0 Å². The summed E-state index contributed by atoms with van der Waals surface area (Å²) in [7, 11) is 0. The van der Waals surface area contributed by atoms with Crippen molar-refractivity contribution < 1.29 is 9.59 Å². The number of nitrogens with two attached hydrogens (primary N) is 1. The largest absolute Gasteiger partial charge is 0.369 e. The van der Waals surface area contributed by atoms with Gasteiger partial charge < -0.3 is 10.6 Å². The zero-order valence-corrected chi connectivity index (χ0v) is 8.90. The summed E-state index contributed by atoms with van der Waals surface area (Å²) in [6.07, 6.45) is 2.57. The Morgan fingerprint density at radius 2 is 2.25 bits per heavy atom. The van der Waals surface area contributed by atoms with Crippen LogP contribution in [0.2, 0.25) is 0 Å². The Balaban J connectivity index is 2.21. The standard InChI is InChI=1S/C11H13N3O2/c12-5-7-2-1-3-9(7)14-6-8(11(13)16)4-10(14)15/h8H,1-4,6H2,(H2,13,16). The number of carbonyl (C=O) groups is 2. The van der Waals surface area contributed by atoms with E-state index in [4.69, 9.17) is 11.0 Å². The number of primary amides is 1. The van der Waals surface area contributed by atoms with Crippen molar-refractivity contribution in [1.82, 2.24) is 4.90 Å². The molecule has 0 aromatic heterocycles. The van der Waals surface area contributed by atoms with Crippen molar-refractivity contribution in [2.75, 3.05) is 6.54 Å². The number of carbonyl (C=O) groups excluding carboxylic acids is 2. The topological polar surface area (TPSA) is 87.2 Å². The summed E-state index contributed by atoms with van der Waals surface area (Å²) in [5.41, 5.74) is 6.67. The van der Waals surface area contributed by atoms with Gasteiger partial charge in [0, 0.05) is 24.2 Å². The molecule has 0 bridgehead atoms. The molecule has 0 radical (unpaired) electrons. The van der Waals surface area contributed by atoms with Crippen LogP contribution in [-0.4, -0.2) is 23.3 Å². The Kier molecular flexibility index (Phi) is 2.65. The first-order chi connectivity index (χ1) is 7.63. The number of allylic oxidation sites excluding steroid dienone is 2. The normalized spacial score (nSPS) is 25.1. The first kappa shape index (κ1) is 10.7. The molecule has 0 aromatic carbocycles. The lowest BCUT2D eigenvalue weighted by Crippen LogP contribution is -2.28. The SMILES string of the molecule is N#CC1=C(N2CC(C(N)=O)CC2=O)CCC1. The molecule has 1 atom stereocenters. The van der Waals surface area contributed by atoms with Crippen molar-refractivity contribution in [3.63, 3.8) is 0 Å². The van der Waals surface area contributed by atoms with E-state index in [-0.39, 0.29) is 12.3 Å². The van der Waals surface area contributed by atoms with Crippen molar-refractivity contribution in [2.24, 2.45) is 11.7 Å². The number of amides is 2. The molecular weight excluding hydrogens is 206 g/mol. The third-order valence-corrected chi connectivity index (χ3v) is 3.18. The lowest BCUT2D eigenvalue weighted by Gasteiger charge is -2.17. The second-order valence-corrected chi connectivity index (χ2v) is 4.20. The van der Waals surface area contributed by atoms with Crippen LogP contribution in [-0.2, 0) is 9.59 Å². The number of hydrogen-bond acceptors (Lipinski definition) is 3. The quantitative estimate of drug-likeness (QED) is 0.723. The highest BCUT2D eigenvalue weighted by atomic mass is 16.2. The Morgan fingerprint density at radius 1 is 1.50 bits per heavy atom. The van der Waals surface area contributed by atoms with E-state index >= 15 is 0 Å². The van der Waals surface area contributed by atoms with Gasteiger partial charge in [0.1, 0.15) is 0 Å². The van der Waals surface area contributed by atoms with E-state index in [0.717, 1.165) is 25.0 Å². The minimum absolute atomic E-state index is 0.0894. The zero-order valence-electron chi connectivity index (χ0n) is 8.90. The number of hydrogen-bond donors (Lipinski definition) is 1. The molecule has 1 fully saturated rings. The van der Waals surface area contributed by atoms with Gasteiger partial charge in [0.2, 0.25) is 11.8 Å². The molecule has 2 N–H and O–H groups in total. The summed E-state index contributed by atoms with van der Waals surface area (Å²) < 4.78 is 0. The van der Waals surface area contributed by atoms with Crippen LogP contribution in [0.3, 0.4) is 0 Å². The summed E-state index contributed by atoms with van der Waals surface area (Å²) in [6.45, 7) is 0.342. The molecule has 16 heavy (non-hydrogen) atoms. The summed E-state index contributed by atoms with van der Waals surface area (Å²) in [6, 6.07) is 2.13. The molecule has 0 saturated carbocycles. The van der Waals surface area contributed by atoms with Crippen LogP contribution in [0, 0.1) is 17.2 Å². The lowest BCUT2D eigenvalue weighted by atomic mass is 10.1. The van der Waals surface area contributed by atoms with Crippen LogP contribution in [0.5, 0.6) is 0 Å². The average Bonchev–Trinajstić information content (AvgIpc) is 2.82. The molecule has 1 aliphatic carbocycles. The predicted octanol–water partition coefficient (Wildman–Crippen LogP) is 0.282. The Labute approximate surface area is 93.5 Å². The van der Waals surface area contributed by atoms with Gasteiger partial charge in [-0.3, -0.25) is 9.59 Å². The molecule has 1 saturated heterocycles. The number of nitriles is 1. The second kappa shape index (κ2) is 3.97. The molecule has 2 rings (SSSR count). The summed E-state index contributed by atoms with van der Waals surface area (Å²) >= 11 is 0. The molecule has 1 heterocycles. The van der Waals surface area contributed by atoms with Crippen LogP contribution < -0.4 is 5.73 Å². The van der Waals surface area contributed by atoms with Crippen molar-refractivity contribution in [1.29, 1.82) is 5.26 Å². The second-order valence-electron chi connectivity index (χ2n) is 4.20. The maximum absolute atomic E-state index is 11.7. The molecule has 2 amide bonds. The van der Waals surface area contributed by atoms with Gasteiger partial charge in [-0.1, -0.05) is 0 Å². The van der Waals surface area contributed by atoms with Gasteiger partial charge in [0.15, 0.2) is 0 Å². The summed E-state index contributed by atoms with van der Waals surface area (Å²) in [5, 5.41) is 8.92. The van der Waals surface area contributed by atoms with Crippen molar-refractivity contribution >= 4 is 11.8 Å². The Hall–Kier alpha value is -1.83. The molecule has 5 heteroatoms. The van der Waals surface area contributed by atoms with Gasteiger partial charge in [-0.25, -0.2) is 0 Å². The summed E-state index contributed by atoms with van der Waals surface area (Å²) in [4.78, 5) is 24.3. The van der Waals surface area contributed by atoms with Gasteiger partial charge in [-0.05, 0) is 19.3 Å². The first-order valence-corrected chi connectivity index (χ1v) is 5.35. The summed E-state index contributed by atoms with van der Waals surface area (Å²) in [5.74, 6) is -0.929. The molecule has 84 valence electrons. The lowest BCUT2D eigenvalue weighted by molar-refractivity contribution is -0.127. The average molecular weight is 219 g/mol. The van der Waals surface area contributed by atoms with Gasteiger partial charge >= 0.3 is 0 Å². The fourth-order valence-electron chi connectivity index (χ4n) is 2.31. The van der Waals surface area contributed by atoms with E-state index in [0.29, 0.717) is 12.1 Å². The number of likely N-dealkylation sites (tertiary alicyclic amines) is 1.